The minimum absolute atomic E-state index is 0.0509. The number of urea groups is 1. The monoisotopic (exact) mass is 723 g/mol. The van der Waals surface area contributed by atoms with Crippen molar-refractivity contribution in [1.82, 2.24) is 36.4 Å². The number of Topliss-reactive ketones (excluding diaryl/α,β-unsaturated/α-hetero) is 1. The molecule has 286 valence electrons. The van der Waals surface area contributed by atoms with Crippen molar-refractivity contribution in [2.45, 2.75) is 104 Å². The van der Waals surface area contributed by atoms with E-state index in [4.69, 9.17) is 0 Å². The first-order valence-corrected chi connectivity index (χ1v) is 18.1. The van der Waals surface area contributed by atoms with E-state index in [0.717, 1.165) is 6.42 Å². The van der Waals surface area contributed by atoms with Gasteiger partial charge in [0.05, 0.1) is 6.54 Å². The summed E-state index contributed by atoms with van der Waals surface area (Å²) in [7, 11) is 3.13. The molecule has 3 aliphatic rings. The second kappa shape index (κ2) is 15.2. The Hall–Kier alpha value is -4.49. The molecule has 5 N–H and O–H groups in total. The summed E-state index contributed by atoms with van der Waals surface area (Å²) in [5.74, 6) is -4.28. The fraction of sp³-hybridized carbons (Fsp3) is 0.658. The highest BCUT2D eigenvalue weighted by Crippen LogP contribution is 2.65. The Morgan fingerprint density at radius 3 is 2.04 bits per heavy atom. The van der Waals surface area contributed by atoms with Gasteiger partial charge in [-0.3, -0.25) is 28.8 Å². The highest BCUT2D eigenvalue weighted by atomic mass is 16.2. The zero-order valence-electron chi connectivity index (χ0n) is 32.2. The number of amides is 7. The molecular formula is C38H57N7O7. The molecule has 0 bridgehead atoms. The van der Waals surface area contributed by atoms with Crippen LogP contribution in [0.15, 0.2) is 30.3 Å². The molecule has 0 radical (unpaired) electrons. The Labute approximate surface area is 306 Å². The molecular weight excluding hydrogens is 666 g/mol. The van der Waals surface area contributed by atoms with E-state index in [0.29, 0.717) is 24.9 Å². The molecule has 0 aromatic heterocycles. The predicted molar refractivity (Wildman–Crippen MR) is 194 cm³/mol. The van der Waals surface area contributed by atoms with Crippen molar-refractivity contribution >= 4 is 41.4 Å². The van der Waals surface area contributed by atoms with Gasteiger partial charge in [-0.1, -0.05) is 71.4 Å². The van der Waals surface area contributed by atoms with Crippen LogP contribution >= 0.6 is 0 Å². The maximum Gasteiger partial charge on any atom is 0.315 e. The van der Waals surface area contributed by atoms with E-state index >= 15 is 0 Å². The molecule has 4 rings (SSSR count). The van der Waals surface area contributed by atoms with Gasteiger partial charge < -0.3 is 36.4 Å². The van der Waals surface area contributed by atoms with Crippen LogP contribution in [0.3, 0.4) is 0 Å². The molecule has 52 heavy (non-hydrogen) atoms. The Balaban J connectivity index is 1.47. The van der Waals surface area contributed by atoms with Crippen LogP contribution in [-0.2, 0) is 28.8 Å². The van der Waals surface area contributed by atoms with Gasteiger partial charge in [-0.05, 0) is 67.8 Å². The SMILES string of the molecule is CN(C)C(=O)[C@@H](NC(=O)CNC(=O)C(=O)C(NC(=O)[C@@H]1[C@@H]2[C@H](CN1C(=O)[C@@H](NC(=O)NC(C)(C)C)C(C)(C)C)C2(C)C)C1CCC1)c1ccccc1. The maximum atomic E-state index is 14.2. The van der Waals surface area contributed by atoms with Crippen LogP contribution < -0.4 is 26.6 Å². The molecule has 2 saturated carbocycles. The van der Waals surface area contributed by atoms with Crippen molar-refractivity contribution in [1.29, 1.82) is 0 Å². The summed E-state index contributed by atoms with van der Waals surface area (Å²) in [6, 6.07) is 4.18. The van der Waals surface area contributed by atoms with Gasteiger partial charge in [0.15, 0.2) is 0 Å². The normalized spacial score (nSPS) is 22.3. The zero-order valence-corrected chi connectivity index (χ0v) is 32.2. The van der Waals surface area contributed by atoms with Crippen LogP contribution in [0.4, 0.5) is 4.79 Å². The Morgan fingerprint density at radius 1 is 0.904 bits per heavy atom. The van der Waals surface area contributed by atoms with Gasteiger partial charge in [-0.25, -0.2) is 4.79 Å². The Morgan fingerprint density at radius 2 is 1.52 bits per heavy atom. The van der Waals surface area contributed by atoms with Gasteiger partial charge in [0.25, 0.3) is 5.91 Å². The molecule has 1 heterocycles. The smallest absolute Gasteiger partial charge is 0.315 e. The lowest BCUT2D eigenvalue weighted by Gasteiger charge is -2.39. The number of likely N-dealkylation sites (N-methyl/N-ethyl adjacent to an activating group) is 1. The molecule has 6 atom stereocenters. The third-order valence-electron chi connectivity index (χ3n) is 10.6. The van der Waals surface area contributed by atoms with Crippen molar-refractivity contribution < 1.29 is 33.6 Å². The summed E-state index contributed by atoms with van der Waals surface area (Å²) >= 11 is 0. The largest absolute Gasteiger partial charge is 0.347 e. The summed E-state index contributed by atoms with van der Waals surface area (Å²) in [4.78, 5) is 96.8. The second-order valence-corrected chi connectivity index (χ2v) is 17.4. The lowest BCUT2D eigenvalue weighted by molar-refractivity contribution is -0.146. The number of fused-ring (bicyclic) bond motifs is 1. The maximum absolute atomic E-state index is 14.2. The van der Waals surface area contributed by atoms with Gasteiger partial charge in [-0.2, -0.15) is 0 Å². The number of piperidine rings is 1. The molecule has 1 unspecified atom stereocenters. The number of likely N-dealkylation sites (tertiary alicyclic amines) is 1. The first kappa shape index (κ1) is 40.3. The third kappa shape index (κ3) is 9.11. The molecule has 1 aromatic carbocycles. The number of carbonyl (C=O) groups is 7. The summed E-state index contributed by atoms with van der Waals surface area (Å²) in [5.41, 5.74) is -0.889. The lowest BCUT2D eigenvalue weighted by atomic mass is 9.77. The van der Waals surface area contributed by atoms with Crippen LogP contribution in [0.2, 0.25) is 0 Å². The highest BCUT2D eigenvalue weighted by molar-refractivity contribution is 6.38. The highest BCUT2D eigenvalue weighted by Gasteiger charge is 2.70. The summed E-state index contributed by atoms with van der Waals surface area (Å²) in [6.45, 7) is 14.9. The summed E-state index contributed by atoms with van der Waals surface area (Å²) in [5, 5.41) is 13.5. The predicted octanol–water partition coefficient (Wildman–Crippen LogP) is 1.90. The molecule has 1 aliphatic heterocycles. The van der Waals surface area contributed by atoms with Gasteiger partial charge in [0, 0.05) is 26.2 Å². The third-order valence-corrected chi connectivity index (χ3v) is 10.6. The van der Waals surface area contributed by atoms with Crippen LogP contribution in [0.1, 0.15) is 86.3 Å². The molecule has 14 heteroatoms. The van der Waals surface area contributed by atoms with Gasteiger partial charge in [0.1, 0.15) is 24.2 Å². The van der Waals surface area contributed by atoms with E-state index in [9.17, 15) is 33.6 Å². The van der Waals surface area contributed by atoms with Crippen molar-refractivity contribution in [3.05, 3.63) is 35.9 Å². The molecule has 1 aromatic rings. The lowest BCUT2D eigenvalue weighted by Crippen LogP contribution is -2.63. The van der Waals surface area contributed by atoms with Gasteiger partial charge in [-0.15, -0.1) is 0 Å². The van der Waals surface area contributed by atoms with E-state index in [1.54, 1.807) is 44.4 Å². The van der Waals surface area contributed by atoms with E-state index in [1.165, 1.54) is 9.80 Å². The number of rotatable bonds is 12. The number of benzene rings is 1. The first-order chi connectivity index (χ1) is 24.0. The number of hydrogen-bond donors (Lipinski definition) is 5. The summed E-state index contributed by atoms with van der Waals surface area (Å²) in [6.07, 6.45) is 2.08. The fourth-order valence-corrected chi connectivity index (χ4v) is 7.34. The van der Waals surface area contributed by atoms with Gasteiger partial charge >= 0.3 is 6.03 Å². The average Bonchev–Trinajstić information content (AvgIpc) is 3.32. The standard InChI is InChI=1S/C38H57N7O7/c1-36(2,3)30(42-35(52)43-37(4,5)6)34(51)45-20-23-25(38(23,7)8)28(45)31(48)41-26(21-17-14-18-21)29(47)32(49)39-19-24(46)40-27(33(50)44(9)10)22-15-12-11-13-16-22/h11-13,15-16,21,23,25-28,30H,14,17-20H2,1-10H3,(H,39,49)(H,40,46)(H,41,48)(H2,42,43,52)/t23-,25-,26?,27-,28-,30+/m0/s1. The molecule has 2 aliphatic carbocycles. The molecule has 1 saturated heterocycles. The number of nitrogens with one attached hydrogen (secondary N) is 5. The minimum atomic E-state index is -1.15. The number of ketones is 1. The fourth-order valence-electron chi connectivity index (χ4n) is 7.34. The Bertz CT molecular complexity index is 1560. The van der Waals surface area contributed by atoms with Crippen LogP contribution in [0.5, 0.6) is 0 Å². The van der Waals surface area contributed by atoms with Crippen LogP contribution in [0.25, 0.3) is 0 Å². The van der Waals surface area contributed by atoms with E-state index in [-0.39, 0.29) is 29.1 Å². The van der Waals surface area contributed by atoms with Gasteiger partial charge in [0.2, 0.25) is 29.4 Å². The molecule has 3 fully saturated rings. The minimum Gasteiger partial charge on any atom is -0.347 e. The van der Waals surface area contributed by atoms with Crippen molar-refractivity contribution in [3.8, 4) is 0 Å². The Kier molecular flexibility index (Phi) is 11.8. The molecule has 0 spiro atoms. The molecule has 14 nitrogen and oxygen atoms in total. The van der Waals surface area contributed by atoms with Crippen molar-refractivity contribution in [2.24, 2.45) is 28.6 Å². The summed E-state index contributed by atoms with van der Waals surface area (Å²) < 4.78 is 0. The molecule has 7 amide bonds. The first-order valence-electron chi connectivity index (χ1n) is 18.1. The quantitative estimate of drug-likeness (QED) is 0.204. The number of carbonyl (C=O) groups excluding carboxylic acids is 7. The topological polar surface area (TPSA) is 186 Å². The number of hydrogen-bond acceptors (Lipinski definition) is 7. The van der Waals surface area contributed by atoms with Crippen molar-refractivity contribution in [2.75, 3.05) is 27.2 Å². The average molecular weight is 724 g/mol. The van der Waals surface area contributed by atoms with Crippen molar-refractivity contribution in [3.63, 3.8) is 0 Å². The number of nitrogens with zero attached hydrogens (tertiary/aromatic N) is 2. The van der Waals surface area contributed by atoms with E-state index in [1.807, 2.05) is 55.4 Å². The zero-order chi connectivity index (χ0) is 38.9. The van der Waals surface area contributed by atoms with E-state index < -0.39 is 77.1 Å². The van der Waals surface area contributed by atoms with Crippen LogP contribution in [-0.4, -0.2) is 102 Å². The second-order valence-electron chi connectivity index (χ2n) is 17.4. The van der Waals surface area contributed by atoms with Crippen LogP contribution in [0, 0.1) is 28.6 Å². The van der Waals surface area contributed by atoms with E-state index in [2.05, 4.69) is 26.6 Å².